The molecule has 0 aromatic rings. The fraction of sp³-hybridized carbons (Fsp3) is 1.00. The smallest absolute Gasteiger partial charge is 0.0469 e. The van der Waals surface area contributed by atoms with E-state index >= 15 is 0 Å². The fourth-order valence-electron chi connectivity index (χ4n) is 5.12. The molecule has 1 heterocycles. The van der Waals surface area contributed by atoms with Gasteiger partial charge in [-0.25, -0.2) is 0 Å². The van der Waals surface area contributed by atoms with E-state index in [0.717, 1.165) is 31.1 Å². The van der Waals surface area contributed by atoms with Gasteiger partial charge in [-0.05, 0) is 61.7 Å². The molecule has 3 aliphatic rings. The molecule has 0 aromatic carbocycles. The van der Waals surface area contributed by atoms with Gasteiger partial charge in [0.1, 0.15) is 0 Å². The molecule has 1 aliphatic heterocycles. The minimum Gasteiger partial charge on any atom is -0.381 e. The lowest BCUT2D eigenvalue weighted by atomic mass is 9.69. The van der Waals surface area contributed by atoms with Crippen molar-refractivity contribution in [2.75, 3.05) is 13.2 Å². The first-order valence-corrected chi connectivity index (χ1v) is 8.29. The number of hydrogen-bond donors (Lipinski definition) is 1. The monoisotopic (exact) mass is 265 g/mol. The number of fused-ring (bicyclic) bond motifs is 2. The second kappa shape index (κ2) is 4.73. The van der Waals surface area contributed by atoms with E-state index in [9.17, 15) is 0 Å². The second-order valence-electron chi connectivity index (χ2n) is 8.07. The summed E-state index contributed by atoms with van der Waals surface area (Å²) < 4.78 is 5.49. The summed E-state index contributed by atoms with van der Waals surface area (Å²) in [5.74, 6) is 1.76. The molecule has 2 aliphatic carbocycles. The molecule has 1 saturated heterocycles. The second-order valence-corrected chi connectivity index (χ2v) is 8.07. The van der Waals surface area contributed by atoms with Gasteiger partial charge in [0.15, 0.2) is 0 Å². The molecule has 3 fully saturated rings. The summed E-state index contributed by atoms with van der Waals surface area (Å²) in [4.78, 5) is 0. The highest BCUT2D eigenvalue weighted by Gasteiger charge is 2.61. The summed E-state index contributed by atoms with van der Waals surface area (Å²) in [5.41, 5.74) is 1.04. The fourth-order valence-corrected chi connectivity index (χ4v) is 5.12. The summed E-state index contributed by atoms with van der Waals surface area (Å²) in [6.45, 7) is 11.9. The average Bonchev–Trinajstić information content (AvgIpc) is 2.73. The Balaban J connectivity index is 1.65. The minimum atomic E-state index is 0.511. The van der Waals surface area contributed by atoms with Crippen LogP contribution < -0.4 is 5.32 Å². The third kappa shape index (κ3) is 2.06. The maximum atomic E-state index is 5.49. The summed E-state index contributed by atoms with van der Waals surface area (Å²) in [6.07, 6.45) is 6.75. The lowest BCUT2D eigenvalue weighted by Gasteiger charge is -2.42. The van der Waals surface area contributed by atoms with E-state index < -0.39 is 0 Å². The van der Waals surface area contributed by atoms with Gasteiger partial charge in [-0.1, -0.05) is 20.8 Å². The van der Waals surface area contributed by atoms with Gasteiger partial charge in [-0.15, -0.1) is 0 Å². The first kappa shape index (κ1) is 13.9. The third-order valence-corrected chi connectivity index (χ3v) is 7.23. The maximum Gasteiger partial charge on any atom is 0.0469 e. The molecule has 110 valence electrons. The highest BCUT2D eigenvalue weighted by molar-refractivity contribution is 5.13. The molecule has 2 heteroatoms. The molecule has 0 aromatic heterocycles. The van der Waals surface area contributed by atoms with Crippen molar-refractivity contribution in [3.05, 3.63) is 0 Å². The van der Waals surface area contributed by atoms with Crippen molar-refractivity contribution in [3.8, 4) is 0 Å². The Morgan fingerprint density at radius 2 is 1.79 bits per heavy atom. The van der Waals surface area contributed by atoms with Gasteiger partial charge in [-0.2, -0.15) is 0 Å². The van der Waals surface area contributed by atoms with Crippen LogP contribution in [0.2, 0.25) is 0 Å². The lowest BCUT2D eigenvalue weighted by molar-refractivity contribution is 0.0471. The molecule has 0 spiro atoms. The molecule has 4 unspecified atom stereocenters. The Kier molecular flexibility index (Phi) is 3.46. The van der Waals surface area contributed by atoms with Gasteiger partial charge in [-0.3, -0.25) is 0 Å². The van der Waals surface area contributed by atoms with E-state index in [1.165, 1.54) is 32.1 Å². The van der Waals surface area contributed by atoms with Crippen molar-refractivity contribution in [2.45, 2.75) is 71.9 Å². The Hall–Kier alpha value is -0.0800. The van der Waals surface area contributed by atoms with E-state index in [-0.39, 0.29) is 0 Å². The van der Waals surface area contributed by atoms with E-state index in [0.29, 0.717) is 16.9 Å². The first-order chi connectivity index (χ1) is 8.95. The minimum absolute atomic E-state index is 0.511. The predicted molar refractivity (Wildman–Crippen MR) is 79.2 cm³/mol. The summed E-state index contributed by atoms with van der Waals surface area (Å²) in [7, 11) is 0. The molecular formula is C17H31NO. The number of nitrogens with one attached hydrogen (secondary N) is 1. The van der Waals surface area contributed by atoms with Crippen molar-refractivity contribution in [2.24, 2.45) is 22.7 Å². The van der Waals surface area contributed by atoms with Crippen LogP contribution in [-0.4, -0.2) is 25.3 Å². The zero-order valence-electron chi connectivity index (χ0n) is 13.2. The molecular weight excluding hydrogens is 234 g/mol. The Labute approximate surface area is 118 Å². The zero-order valence-corrected chi connectivity index (χ0v) is 13.2. The van der Waals surface area contributed by atoms with E-state index in [1.807, 2.05) is 0 Å². The normalized spacial score (nSPS) is 43.6. The van der Waals surface area contributed by atoms with Crippen molar-refractivity contribution >= 4 is 0 Å². The van der Waals surface area contributed by atoms with Crippen LogP contribution in [0.15, 0.2) is 0 Å². The topological polar surface area (TPSA) is 21.3 Å². The molecule has 0 amide bonds. The maximum absolute atomic E-state index is 5.49. The third-order valence-electron chi connectivity index (χ3n) is 7.23. The highest BCUT2D eigenvalue weighted by Crippen LogP contribution is 2.65. The number of hydrogen-bond acceptors (Lipinski definition) is 2. The molecule has 2 nitrogen and oxygen atoms in total. The molecule has 3 rings (SSSR count). The van der Waals surface area contributed by atoms with E-state index in [1.54, 1.807) is 0 Å². The van der Waals surface area contributed by atoms with Gasteiger partial charge < -0.3 is 10.1 Å². The number of rotatable bonds is 3. The SMILES string of the molecule is CC(NC1CC2CCC1(C)C2(C)C)C1CCOCC1. The lowest BCUT2D eigenvalue weighted by Crippen LogP contribution is -2.50. The molecule has 2 saturated carbocycles. The molecule has 19 heavy (non-hydrogen) atoms. The van der Waals surface area contributed by atoms with E-state index in [4.69, 9.17) is 4.74 Å². The summed E-state index contributed by atoms with van der Waals surface area (Å²) in [6, 6.07) is 1.39. The average molecular weight is 265 g/mol. The van der Waals surface area contributed by atoms with Crippen LogP contribution in [0, 0.1) is 22.7 Å². The quantitative estimate of drug-likeness (QED) is 0.842. The van der Waals surface area contributed by atoms with Gasteiger partial charge in [0.05, 0.1) is 0 Å². The highest BCUT2D eigenvalue weighted by atomic mass is 16.5. The standard InChI is InChI=1S/C17H31NO/c1-12(13-6-9-19-10-7-13)18-15-11-14-5-8-17(15,4)16(14,2)3/h12-15,18H,5-11H2,1-4H3. The zero-order chi connectivity index (χ0) is 13.7. The first-order valence-electron chi connectivity index (χ1n) is 8.29. The van der Waals surface area contributed by atoms with Crippen LogP contribution in [0.4, 0.5) is 0 Å². The van der Waals surface area contributed by atoms with Crippen molar-refractivity contribution in [3.63, 3.8) is 0 Å². The molecule has 0 radical (unpaired) electrons. The van der Waals surface area contributed by atoms with Crippen LogP contribution in [-0.2, 0) is 4.74 Å². The molecule has 1 N–H and O–H groups in total. The largest absolute Gasteiger partial charge is 0.381 e. The van der Waals surface area contributed by atoms with Crippen LogP contribution >= 0.6 is 0 Å². The van der Waals surface area contributed by atoms with Gasteiger partial charge in [0.2, 0.25) is 0 Å². The molecule has 4 atom stereocenters. The van der Waals surface area contributed by atoms with Gasteiger partial charge >= 0.3 is 0 Å². The van der Waals surface area contributed by atoms with Crippen LogP contribution in [0.1, 0.15) is 59.8 Å². The van der Waals surface area contributed by atoms with Crippen molar-refractivity contribution < 1.29 is 4.74 Å². The molecule has 2 bridgehead atoms. The van der Waals surface area contributed by atoms with Crippen LogP contribution in [0.3, 0.4) is 0 Å². The van der Waals surface area contributed by atoms with Gasteiger partial charge in [0, 0.05) is 25.3 Å². The Morgan fingerprint density at radius 3 is 2.32 bits per heavy atom. The van der Waals surface area contributed by atoms with Crippen LogP contribution in [0.5, 0.6) is 0 Å². The summed E-state index contributed by atoms with van der Waals surface area (Å²) in [5, 5.41) is 4.02. The van der Waals surface area contributed by atoms with Crippen LogP contribution in [0.25, 0.3) is 0 Å². The predicted octanol–water partition coefficient (Wildman–Crippen LogP) is 3.61. The van der Waals surface area contributed by atoms with Gasteiger partial charge in [0.25, 0.3) is 0 Å². The Morgan fingerprint density at radius 1 is 1.11 bits per heavy atom. The summed E-state index contributed by atoms with van der Waals surface area (Å²) >= 11 is 0. The number of ether oxygens (including phenoxy) is 1. The van der Waals surface area contributed by atoms with Crippen molar-refractivity contribution in [1.82, 2.24) is 5.32 Å². The Bertz CT molecular complexity index is 334. The van der Waals surface area contributed by atoms with Crippen molar-refractivity contribution in [1.29, 1.82) is 0 Å². The van der Waals surface area contributed by atoms with E-state index in [2.05, 4.69) is 33.0 Å².